The molecule has 4 rings (SSSR count). The van der Waals surface area contributed by atoms with Crippen molar-refractivity contribution in [3.05, 3.63) is 65.2 Å². The van der Waals surface area contributed by atoms with Crippen LogP contribution in [-0.4, -0.2) is 21.9 Å². The van der Waals surface area contributed by atoms with Gasteiger partial charge >= 0.3 is 0 Å². The molecule has 2 saturated carbocycles. The van der Waals surface area contributed by atoms with Gasteiger partial charge < -0.3 is 15.3 Å². The number of phenols is 2. The van der Waals surface area contributed by atoms with Crippen LogP contribution in [0.5, 0.6) is 11.5 Å². The monoisotopic (exact) mass is 420 g/mol. The third-order valence-electron chi connectivity index (χ3n) is 7.52. The predicted octanol–water partition coefficient (Wildman–Crippen LogP) is 6.67. The fraction of sp³-hybridized carbons (Fsp3) is 0.500. The van der Waals surface area contributed by atoms with Crippen LogP contribution in [0, 0.1) is 17.8 Å². The van der Waals surface area contributed by atoms with Crippen LogP contribution < -0.4 is 0 Å². The van der Waals surface area contributed by atoms with Crippen LogP contribution in [0.4, 0.5) is 0 Å². The molecule has 2 fully saturated rings. The maximum atomic E-state index is 9.85. The Hall–Kier alpha value is -2.26. The molecule has 31 heavy (non-hydrogen) atoms. The summed E-state index contributed by atoms with van der Waals surface area (Å²) < 4.78 is 0. The highest BCUT2D eigenvalue weighted by molar-refractivity contribution is 5.83. The van der Waals surface area contributed by atoms with Crippen molar-refractivity contribution in [2.75, 3.05) is 6.61 Å². The predicted molar refractivity (Wildman–Crippen MR) is 126 cm³/mol. The van der Waals surface area contributed by atoms with E-state index < -0.39 is 0 Å². The van der Waals surface area contributed by atoms with E-state index in [1.54, 1.807) is 24.3 Å². The van der Waals surface area contributed by atoms with E-state index in [-0.39, 0.29) is 18.1 Å². The second-order valence-electron chi connectivity index (χ2n) is 9.49. The molecule has 0 amide bonds. The summed E-state index contributed by atoms with van der Waals surface area (Å²) in [5, 5.41) is 29.1. The first kappa shape index (κ1) is 22.0. The summed E-state index contributed by atoms with van der Waals surface area (Å²) >= 11 is 0. The molecule has 0 radical (unpaired) electrons. The van der Waals surface area contributed by atoms with E-state index in [2.05, 4.69) is 0 Å². The summed E-state index contributed by atoms with van der Waals surface area (Å²) in [7, 11) is 0. The summed E-state index contributed by atoms with van der Waals surface area (Å²) in [4.78, 5) is 0. The Labute approximate surface area is 186 Å². The van der Waals surface area contributed by atoms with Gasteiger partial charge in [0.2, 0.25) is 0 Å². The van der Waals surface area contributed by atoms with Gasteiger partial charge in [0, 0.05) is 6.61 Å². The molecule has 3 nitrogen and oxygen atoms in total. The van der Waals surface area contributed by atoms with Crippen molar-refractivity contribution >= 4 is 5.57 Å². The molecule has 0 spiro atoms. The van der Waals surface area contributed by atoms with E-state index in [0.29, 0.717) is 5.92 Å². The number of hydrogen-bond donors (Lipinski definition) is 3. The van der Waals surface area contributed by atoms with Crippen LogP contribution in [0.15, 0.2) is 54.1 Å². The van der Waals surface area contributed by atoms with E-state index >= 15 is 0 Å². The van der Waals surface area contributed by atoms with Gasteiger partial charge in [-0.25, -0.2) is 0 Å². The quantitative estimate of drug-likeness (QED) is 0.418. The average Bonchev–Trinajstić information content (AvgIpc) is 3.47. The Bertz CT molecular complexity index is 813. The summed E-state index contributed by atoms with van der Waals surface area (Å²) in [5.41, 5.74) is 4.97. The first-order valence-corrected chi connectivity index (χ1v) is 12.1. The smallest absolute Gasteiger partial charge is 0.115 e. The van der Waals surface area contributed by atoms with Crippen molar-refractivity contribution in [2.45, 2.75) is 64.2 Å². The van der Waals surface area contributed by atoms with E-state index in [9.17, 15) is 15.3 Å². The number of allylic oxidation sites excluding steroid dienone is 1. The lowest BCUT2D eigenvalue weighted by atomic mass is 9.81. The van der Waals surface area contributed by atoms with Gasteiger partial charge in [0.1, 0.15) is 11.5 Å². The number of aliphatic hydroxyl groups excluding tert-OH is 1. The third kappa shape index (κ3) is 5.33. The van der Waals surface area contributed by atoms with E-state index in [1.165, 1.54) is 56.1 Å². The molecule has 0 bridgehead atoms. The molecular weight excluding hydrogens is 384 g/mol. The molecule has 3 heteroatoms. The zero-order valence-corrected chi connectivity index (χ0v) is 18.5. The lowest BCUT2D eigenvalue weighted by Gasteiger charge is -2.24. The zero-order valence-electron chi connectivity index (χ0n) is 18.5. The Balaban J connectivity index is 1.74. The van der Waals surface area contributed by atoms with Crippen molar-refractivity contribution < 1.29 is 15.3 Å². The fourth-order valence-corrected chi connectivity index (χ4v) is 5.94. The Morgan fingerprint density at radius 2 is 1.29 bits per heavy atom. The Kier molecular flexibility index (Phi) is 7.34. The number of unbranched alkanes of at least 4 members (excludes halogenated alkanes) is 1. The van der Waals surface area contributed by atoms with Crippen molar-refractivity contribution in [1.29, 1.82) is 0 Å². The summed E-state index contributed by atoms with van der Waals surface area (Å²) in [6.07, 6.45) is 12.3. The molecule has 0 saturated heterocycles. The van der Waals surface area contributed by atoms with Crippen molar-refractivity contribution in [3.8, 4) is 11.5 Å². The lowest BCUT2D eigenvalue weighted by Crippen LogP contribution is -2.10. The Morgan fingerprint density at radius 1 is 0.710 bits per heavy atom. The van der Waals surface area contributed by atoms with Crippen molar-refractivity contribution in [2.24, 2.45) is 17.8 Å². The van der Waals surface area contributed by atoms with Crippen LogP contribution in [0.25, 0.3) is 5.57 Å². The number of rotatable bonds is 8. The van der Waals surface area contributed by atoms with E-state index in [0.717, 1.165) is 42.2 Å². The summed E-state index contributed by atoms with van der Waals surface area (Å²) in [6, 6.07) is 15.1. The molecule has 2 aliphatic carbocycles. The van der Waals surface area contributed by atoms with Gasteiger partial charge in [-0.05, 0) is 97.2 Å². The van der Waals surface area contributed by atoms with Gasteiger partial charge in [0.15, 0.2) is 0 Å². The molecule has 166 valence electrons. The SMILES string of the molecule is OCCCCC(=C(c1ccc(O)cc1)c1ccc(O)cc1)C1CCC(C2CCCC2)C1. The minimum absolute atomic E-state index is 0.233. The maximum Gasteiger partial charge on any atom is 0.115 e. The van der Waals surface area contributed by atoms with Gasteiger partial charge in [-0.3, -0.25) is 0 Å². The van der Waals surface area contributed by atoms with E-state index in [1.807, 2.05) is 24.3 Å². The molecule has 0 aromatic heterocycles. The molecule has 2 aromatic carbocycles. The highest BCUT2D eigenvalue weighted by Crippen LogP contribution is 2.48. The van der Waals surface area contributed by atoms with Crippen LogP contribution in [0.2, 0.25) is 0 Å². The minimum atomic E-state index is 0.233. The van der Waals surface area contributed by atoms with Crippen LogP contribution in [0.1, 0.15) is 75.3 Å². The number of benzene rings is 2. The fourth-order valence-electron chi connectivity index (χ4n) is 5.94. The second-order valence-corrected chi connectivity index (χ2v) is 9.49. The van der Waals surface area contributed by atoms with Gasteiger partial charge in [-0.2, -0.15) is 0 Å². The zero-order chi connectivity index (χ0) is 21.6. The largest absolute Gasteiger partial charge is 0.508 e. The average molecular weight is 421 g/mol. The molecule has 3 N–H and O–H groups in total. The van der Waals surface area contributed by atoms with E-state index in [4.69, 9.17) is 0 Å². The van der Waals surface area contributed by atoms with Gasteiger partial charge in [0.05, 0.1) is 0 Å². The minimum Gasteiger partial charge on any atom is -0.508 e. The summed E-state index contributed by atoms with van der Waals surface area (Å²) in [6.45, 7) is 0.233. The second kappa shape index (κ2) is 10.4. The standard InChI is InChI=1S/C28H36O3/c29-18-4-3-7-27(24-9-8-23(19-24)20-5-1-2-6-20)28(21-10-14-25(30)15-11-21)22-12-16-26(31)17-13-22/h10-17,20,23-24,29-31H,1-9,18-19H2. The topological polar surface area (TPSA) is 60.7 Å². The van der Waals surface area contributed by atoms with Gasteiger partial charge in [-0.15, -0.1) is 0 Å². The van der Waals surface area contributed by atoms with Crippen molar-refractivity contribution in [3.63, 3.8) is 0 Å². The molecule has 0 aliphatic heterocycles. The number of aromatic hydroxyl groups is 2. The molecule has 2 aliphatic rings. The third-order valence-corrected chi connectivity index (χ3v) is 7.52. The number of hydrogen-bond acceptors (Lipinski definition) is 3. The van der Waals surface area contributed by atoms with Crippen LogP contribution >= 0.6 is 0 Å². The first-order valence-electron chi connectivity index (χ1n) is 12.1. The summed E-state index contributed by atoms with van der Waals surface area (Å²) in [5.74, 6) is 2.88. The maximum absolute atomic E-state index is 9.85. The van der Waals surface area contributed by atoms with Crippen LogP contribution in [0.3, 0.4) is 0 Å². The highest BCUT2D eigenvalue weighted by Gasteiger charge is 2.34. The van der Waals surface area contributed by atoms with Crippen LogP contribution in [-0.2, 0) is 0 Å². The highest BCUT2D eigenvalue weighted by atomic mass is 16.3. The van der Waals surface area contributed by atoms with Crippen molar-refractivity contribution in [1.82, 2.24) is 0 Å². The molecule has 2 aromatic rings. The Morgan fingerprint density at radius 3 is 1.84 bits per heavy atom. The molecule has 2 unspecified atom stereocenters. The lowest BCUT2D eigenvalue weighted by molar-refractivity contribution is 0.283. The number of aliphatic hydroxyl groups is 1. The first-order chi connectivity index (χ1) is 15.2. The van der Waals surface area contributed by atoms with Gasteiger partial charge in [0.25, 0.3) is 0 Å². The normalized spacial score (nSPS) is 21.5. The van der Waals surface area contributed by atoms with Gasteiger partial charge in [-0.1, -0.05) is 55.5 Å². The molecular formula is C28H36O3. The number of phenolic OH excluding ortho intramolecular Hbond substituents is 2. The molecule has 2 atom stereocenters. The molecule has 0 heterocycles.